The first-order chi connectivity index (χ1) is 18.1. The summed E-state index contributed by atoms with van der Waals surface area (Å²) in [5.41, 5.74) is 11.3. The van der Waals surface area contributed by atoms with Gasteiger partial charge in [0.1, 0.15) is 0 Å². The Labute approximate surface area is 216 Å². The average molecular weight is 478 g/mol. The number of benzene rings is 4. The summed E-state index contributed by atoms with van der Waals surface area (Å²) in [5, 5.41) is 4.87. The summed E-state index contributed by atoms with van der Waals surface area (Å²) < 4.78 is 2.29. The Balaban J connectivity index is 1.42. The lowest BCUT2D eigenvalue weighted by Crippen LogP contribution is -2.27. The van der Waals surface area contributed by atoms with Crippen LogP contribution in [0.2, 0.25) is 0 Å². The lowest BCUT2D eigenvalue weighted by atomic mass is 9.81. The number of fused-ring (bicyclic) bond motifs is 5. The minimum Gasteiger partial charge on any atom is -0.254 e. The molecule has 0 unspecified atom stereocenters. The zero-order valence-electron chi connectivity index (χ0n) is 21.1. The molecular formula is C34H27N3. The minimum atomic E-state index is -0.0227. The van der Waals surface area contributed by atoms with E-state index in [0.717, 1.165) is 29.7 Å². The van der Waals surface area contributed by atoms with Crippen molar-refractivity contribution in [2.75, 3.05) is 5.01 Å². The van der Waals surface area contributed by atoms with E-state index in [2.05, 4.69) is 127 Å². The van der Waals surface area contributed by atoms with Crippen LogP contribution in [0.15, 0.2) is 97.2 Å². The summed E-state index contributed by atoms with van der Waals surface area (Å²) in [5.74, 6) is 0.981. The molecule has 0 spiro atoms. The number of hydrogen-bond donors (Lipinski definition) is 0. The molecule has 8 rings (SSSR count). The second-order valence-electron chi connectivity index (χ2n) is 10.8. The van der Waals surface area contributed by atoms with Gasteiger partial charge in [0, 0.05) is 22.6 Å². The van der Waals surface area contributed by atoms with Gasteiger partial charge >= 0.3 is 0 Å². The number of hydrogen-bond acceptors (Lipinski definition) is 2. The standard InChI is InChI=1S/C34H27N3/c1-34(2)26-15-7-6-14-24(26)32-25-19-20-36(30-18-10-13-23(31(25)30)21-27(32)34)37-29-17-9-8-16-28(29)35-33(37)22-11-4-3-5-12-22/h4,6-21H,3,5H2,1-2H3. The molecule has 3 aliphatic rings. The number of imidazole rings is 1. The number of para-hydroxylation sites is 2. The van der Waals surface area contributed by atoms with Gasteiger partial charge in [-0.1, -0.05) is 80.6 Å². The second-order valence-corrected chi connectivity index (χ2v) is 10.8. The first-order valence-electron chi connectivity index (χ1n) is 13.2. The van der Waals surface area contributed by atoms with E-state index in [9.17, 15) is 0 Å². The zero-order valence-corrected chi connectivity index (χ0v) is 21.1. The molecule has 1 aromatic heterocycles. The molecular weight excluding hydrogens is 450 g/mol. The monoisotopic (exact) mass is 477 g/mol. The molecule has 0 saturated heterocycles. The molecule has 5 aromatic rings. The van der Waals surface area contributed by atoms with Gasteiger partial charge in [-0.15, -0.1) is 0 Å². The van der Waals surface area contributed by atoms with Crippen molar-refractivity contribution < 1.29 is 0 Å². The fraction of sp³-hybridized carbons (Fsp3) is 0.147. The molecule has 37 heavy (non-hydrogen) atoms. The molecule has 3 nitrogen and oxygen atoms in total. The fourth-order valence-electron chi connectivity index (χ4n) is 6.60. The van der Waals surface area contributed by atoms with Crippen LogP contribution in [0.4, 0.5) is 5.69 Å². The van der Waals surface area contributed by atoms with Crippen LogP contribution in [0.3, 0.4) is 0 Å². The van der Waals surface area contributed by atoms with Crippen molar-refractivity contribution in [1.82, 2.24) is 9.66 Å². The molecule has 0 fully saturated rings. The van der Waals surface area contributed by atoms with Crippen LogP contribution in [0.1, 0.15) is 49.2 Å². The summed E-state index contributed by atoms with van der Waals surface area (Å²) in [6, 6.07) is 26.5. The van der Waals surface area contributed by atoms with E-state index in [1.807, 2.05) is 0 Å². The molecule has 0 amide bonds. The van der Waals surface area contributed by atoms with Gasteiger partial charge in [0.25, 0.3) is 0 Å². The van der Waals surface area contributed by atoms with Gasteiger partial charge in [-0.25, -0.2) is 9.66 Å². The summed E-state index contributed by atoms with van der Waals surface area (Å²) in [6.45, 7) is 4.71. The van der Waals surface area contributed by atoms with Crippen molar-refractivity contribution in [3.8, 4) is 11.1 Å². The third kappa shape index (κ3) is 2.74. The van der Waals surface area contributed by atoms with E-state index in [1.165, 1.54) is 49.9 Å². The van der Waals surface area contributed by atoms with Gasteiger partial charge in [0.05, 0.1) is 16.7 Å². The Bertz CT molecular complexity index is 1860. The largest absolute Gasteiger partial charge is 0.254 e. The third-order valence-corrected chi connectivity index (χ3v) is 8.36. The number of rotatable bonds is 2. The van der Waals surface area contributed by atoms with Gasteiger partial charge in [-0.05, 0) is 76.4 Å². The Morgan fingerprint density at radius 2 is 1.70 bits per heavy atom. The quantitative estimate of drug-likeness (QED) is 0.254. The maximum atomic E-state index is 5.11. The van der Waals surface area contributed by atoms with Gasteiger partial charge in [-0.3, -0.25) is 5.01 Å². The van der Waals surface area contributed by atoms with E-state index < -0.39 is 0 Å². The van der Waals surface area contributed by atoms with Crippen LogP contribution < -0.4 is 5.01 Å². The van der Waals surface area contributed by atoms with E-state index in [4.69, 9.17) is 4.98 Å². The van der Waals surface area contributed by atoms with Crippen LogP contribution in [-0.2, 0) is 5.41 Å². The van der Waals surface area contributed by atoms with E-state index >= 15 is 0 Å². The molecule has 1 aliphatic heterocycles. The Hall–Kier alpha value is -4.37. The number of aromatic nitrogens is 2. The Morgan fingerprint density at radius 3 is 2.59 bits per heavy atom. The summed E-state index contributed by atoms with van der Waals surface area (Å²) >= 11 is 0. The molecule has 0 atom stereocenters. The SMILES string of the molecule is CC1(C)c2ccccc2-c2c1cc1cccc3c1c2C=CN3n1c(C2=CCCC=C2)nc2ccccc21. The van der Waals surface area contributed by atoms with Crippen molar-refractivity contribution in [3.63, 3.8) is 0 Å². The predicted molar refractivity (Wildman–Crippen MR) is 155 cm³/mol. The van der Waals surface area contributed by atoms with Gasteiger partial charge in [0.2, 0.25) is 0 Å². The van der Waals surface area contributed by atoms with E-state index in [1.54, 1.807) is 0 Å². The zero-order chi connectivity index (χ0) is 24.7. The summed E-state index contributed by atoms with van der Waals surface area (Å²) in [4.78, 5) is 5.11. The highest BCUT2D eigenvalue weighted by atomic mass is 15.6. The average Bonchev–Trinajstić information content (AvgIpc) is 3.43. The maximum absolute atomic E-state index is 5.11. The van der Waals surface area contributed by atoms with E-state index in [-0.39, 0.29) is 5.41 Å². The molecule has 0 radical (unpaired) electrons. The highest BCUT2D eigenvalue weighted by molar-refractivity contribution is 6.09. The normalized spacial score (nSPS) is 16.8. The Kier molecular flexibility index (Phi) is 4.12. The van der Waals surface area contributed by atoms with Crippen LogP contribution in [-0.4, -0.2) is 9.66 Å². The topological polar surface area (TPSA) is 21.1 Å². The highest BCUT2D eigenvalue weighted by Gasteiger charge is 2.38. The first kappa shape index (κ1) is 20.8. The van der Waals surface area contributed by atoms with Gasteiger partial charge < -0.3 is 0 Å². The Morgan fingerprint density at radius 1 is 0.838 bits per heavy atom. The molecule has 2 aliphatic carbocycles. The molecule has 2 heterocycles. The van der Waals surface area contributed by atoms with Crippen molar-refractivity contribution in [1.29, 1.82) is 0 Å². The van der Waals surface area contributed by atoms with Crippen LogP contribution >= 0.6 is 0 Å². The third-order valence-electron chi connectivity index (χ3n) is 8.36. The number of nitrogens with zero attached hydrogens (tertiary/aromatic N) is 3. The predicted octanol–water partition coefficient (Wildman–Crippen LogP) is 8.48. The summed E-state index contributed by atoms with van der Waals surface area (Å²) in [7, 11) is 0. The van der Waals surface area contributed by atoms with Crippen molar-refractivity contribution in [3.05, 3.63) is 120 Å². The van der Waals surface area contributed by atoms with Crippen LogP contribution in [0.5, 0.6) is 0 Å². The number of anilines is 1. The number of allylic oxidation sites excluding steroid dienone is 4. The summed E-state index contributed by atoms with van der Waals surface area (Å²) in [6.07, 6.45) is 13.5. The molecule has 0 saturated carbocycles. The molecule has 178 valence electrons. The van der Waals surface area contributed by atoms with Crippen molar-refractivity contribution in [2.24, 2.45) is 0 Å². The lowest BCUT2D eigenvalue weighted by molar-refractivity contribution is 0.661. The molecule has 0 bridgehead atoms. The fourth-order valence-corrected chi connectivity index (χ4v) is 6.60. The molecule has 0 N–H and O–H groups in total. The maximum Gasteiger partial charge on any atom is 0.160 e. The van der Waals surface area contributed by atoms with Crippen molar-refractivity contribution in [2.45, 2.75) is 32.1 Å². The van der Waals surface area contributed by atoms with Crippen LogP contribution in [0.25, 0.3) is 44.6 Å². The second kappa shape index (κ2) is 7.33. The van der Waals surface area contributed by atoms with Gasteiger partial charge in [0.15, 0.2) is 5.82 Å². The lowest BCUT2D eigenvalue weighted by Gasteiger charge is -2.31. The molecule has 4 aromatic carbocycles. The first-order valence-corrected chi connectivity index (χ1v) is 13.2. The molecule has 3 heteroatoms. The smallest absolute Gasteiger partial charge is 0.160 e. The van der Waals surface area contributed by atoms with Gasteiger partial charge in [-0.2, -0.15) is 0 Å². The highest BCUT2D eigenvalue weighted by Crippen LogP contribution is 2.53. The van der Waals surface area contributed by atoms with Crippen LogP contribution in [0, 0.1) is 0 Å². The minimum absolute atomic E-state index is 0.0227. The van der Waals surface area contributed by atoms with Crippen molar-refractivity contribution >= 4 is 39.1 Å². The van der Waals surface area contributed by atoms with E-state index in [0.29, 0.717) is 0 Å².